The molecule has 0 aliphatic carbocycles. The van der Waals surface area contributed by atoms with Crippen LogP contribution in [-0.4, -0.2) is 31.6 Å². The van der Waals surface area contributed by atoms with Crippen LogP contribution in [-0.2, 0) is 6.54 Å². The van der Waals surface area contributed by atoms with Crippen LogP contribution in [0.4, 0.5) is 5.69 Å². The van der Waals surface area contributed by atoms with E-state index in [2.05, 4.69) is 48.0 Å². The second-order valence-corrected chi connectivity index (χ2v) is 5.39. The summed E-state index contributed by atoms with van der Waals surface area (Å²) < 4.78 is 0. The van der Waals surface area contributed by atoms with Crippen molar-refractivity contribution in [2.75, 3.05) is 31.6 Å². The second kappa shape index (κ2) is 6.79. The lowest BCUT2D eigenvalue weighted by atomic mass is 10.1. The SMILES string of the molecule is CCCCCCN1CCN(C)c2ccccc2C1. The molecule has 0 atom stereocenters. The largest absolute Gasteiger partial charge is 0.373 e. The molecule has 2 heteroatoms. The number of anilines is 1. The molecule has 1 aromatic carbocycles. The first-order chi connectivity index (χ1) is 8.81. The third kappa shape index (κ3) is 3.49. The Hall–Kier alpha value is -1.02. The van der Waals surface area contributed by atoms with Gasteiger partial charge < -0.3 is 4.90 Å². The average molecular weight is 246 g/mol. The van der Waals surface area contributed by atoms with E-state index in [1.807, 2.05) is 0 Å². The highest BCUT2D eigenvalue weighted by atomic mass is 15.2. The fourth-order valence-electron chi connectivity index (χ4n) is 2.70. The van der Waals surface area contributed by atoms with Gasteiger partial charge in [0.1, 0.15) is 0 Å². The van der Waals surface area contributed by atoms with Crippen LogP contribution >= 0.6 is 0 Å². The highest BCUT2D eigenvalue weighted by molar-refractivity contribution is 5.53. The molecule has 0 amide bonds. The van der Waals surface area contributed by atoms with E-state index in [0.717, 1.165) is 13.1 Å². The van der Waals surface area contributed by atoms with Gasteiger partial charge in [-0.3, -0.25) is 4.90 Å². The lowest BCUT2D eigenvalue weighted by molar-refractivity contribution is 0.271. The van der Waals surface area contributed by atoms with Gasteiger partial charge in [-0.1, -0.05) is 44.4 Å². The Balaban J connectivity index is 1.93. The predicted octanol–water partition coefficient (Wildman–Crippen LogP) is 3.52. The summed E-state index contributed by atoms with van der Waals surface area (Å²) in [6.07, 6.45) is 5.43. The van der Waals surface area contributed by atoms with Crippen molar-refractivity contribution in [1.82, 2.24) is 4.90 Å². The molecule has 0 unspecified atom stereocenters. The number of rotatable bonds is 5. The smallest absolute Gasteiger partial charge is 0.0409 e. The van der Waals surface area contributed by atoms with Gasteiger partial charge >= 0.3 is 0 Å². The van der Waals surface area contributed by atoms with E-state index in [9.17, 15) is 0 Å². The van der Waals surface area contributed by atoms with E-state index in [4.69, 9.17) is 0 Å². The first-order valence-electron chi connectivity index (χ1n) is 7.32. The number of hydrogen-bond acceptors (Lipinski definition) is 2. The van der Waals surface area contributed by atoms with Crippen LogP contribution in [0.1, 0.15) is 38.2 Å². The van der Waals surface area contributed by atoms with Crippen LogP contribution in [0, 0.1) is 0 Å². The van der Waals surface area contributed by atoms with Crippen LogP contribution in [0.5, 0.6) is 0 Å². The Labute approximate surface area is 112 Å². The normalized spacial score (nSPS) is 16.4. The van der Waals surface area contributed by atoms with E-state index in [1.54, 1.807) is 0 Å². The summed E-state index contributed by atoms with van der Waals surface area (Å²) in [5.74, 6) is 0. The Morgan fingerprint density at radius 1 is 1.06 bits per heavy atom. The van der Waals surface area contributed by atoms with E-state index in [0.29, 0.717) is 0 Å². The zero-order valence-corrected chi connectivity index (χ0v) is 11.9. The minimum atomic E-state index is 1.12. The third-order valence-corrected chi connectivity index (χ3v) is 3.88. The highest BCUT2D eigenvalue weighted by Crippen LogP contribution is 2.23. The molecular formula is C16H26N2. The van der Waals surface area contributed by atoms with Crippen molar-refractivity contribution >= 4 is 5.69 Å². The van der Waals surface area contributed by atoms with E-state index in [1.165, 1.54) is 50.0 Å². The van der Waals surface area contributed by atoms with Gasteiger partial charge in [0.2, 0.25) is 0 Å². The average Bonchev–Trinajstić information content (AvgIpc) is 2.55. The summed E-state index contributed by atoms with van der Waals surface area (Å²) in [6.45, 7) is 6.98. The van der Waals surface area contributed by atoms with Crippen molar-refractivity contribution in [3.05, 3.63) is 29.8 Å². The van der Waals surface area contributed by atoms with E-state index in [-0.39, 0.29) is 0 Å². The van der Waals surface area contributed by atoms with Gasteiger partial charge in [0, 0.05) is 32.4 Å². The van der Waals surface area contributed by atoms with Crippen LogP contribution in [0.25, 0.3) is 0 Å². The van der Waals surface area contributed by atoms with Crippen LogP contribution in [0.3, 0.4) is 0 Å². The monoisotopic (exact) mass is 246 g/mol. The Kier molecular flexibility index (Phi) is 5.06. The number of benzene rings is 1. The third-order valence-electron chi connectivity index (χ3n) is 3.88. The lowest BCUT2D eigenvalue weighted by Crippen LogP contribution is -2.30. The van der Waals surface area contributed by atoms with Crippen LogP contribution in [0.2, 0.25) is 0 Å². The number of likely N-dealkylation sites (N-methyl/N-ethyl adjacent to an activating group) is 1. The fraction of sp³-hybridized carbons (Fsp3) is 0.625. The topological polar surface area (TPSA) is 6.48 Å². The molecule has 1 heterocycles. The Morgan fingerprint density at radius 2 is 1.89 bits per heavy atom. The molecule has 0 saturated carbocycles. The molecule has 0 fully saturated rings. The standard InChI is InChI=1S/C16H26N2/c1-3-4-5-8-11-18-13-12-17(2)16-10-7-6-9-15(16)14-18/h6-7,9-10H,3-5,8,11-14H2,1-2H3. The van der Waals surface area contributed by atoms with Crippen molar-refractivity contribution in [1.29, 1.82) is 0 Å². The van der Waals surface area contributed by atoms with Crippen molar-refractivity contribution in [2.45, 2.75) is 39.2 Å². The first kappa shape index (κ1) is 13.4. The maximum Gasteiger partial charge on any atom is 0.0409 e. The molecule has 18 heavy (non-hydrogen) atoms. The summed E-state index contributed by atoms with van der Waals surface area (Å²) in [5.41, 5.74) is 2.89. The van der Waals surface area contributed by atoms with Gasteiger partial charge in [0.25, 0.3) is 0 Å². The summed E-state index contributed by atoms with van der Waals surface area (Å²) in [7, 11) is 2.21. The number of nitrogens with zero attached hydrogens (tertiary/aromatic N) is 2. The quantitative estimate of drug-likeness (QED) is 0.733. The van der Waals surface area contributed by atoms with Gasteiger partial charge in [0.15, 0.2) is 0 Å². The predicted molar refractivity (Wildman–Crippen MR) is 79.1 cm³/mol. The number of unbranched alkanes of at least 4 members (excludes halogenated alkanes) is 3. The van der Waals surface area contributed by atoms with Crippen LogP contribution in [0.15, 0.2) is 24.3 Å². The molecule has 0 N–H and O–H groups in total. The van der Waals surface area contributed by atoms with Crippen molar-refractivity contribution in [3.8, 4) is 0 Å². The lowest BCUT2D eigenvalue weighted by Gasteiger charge is -2.20. The minimum absolute atomic E-state index is 1.12. The number of hydrogen-bond donors (Lipinski definition) is 0. The Bertz CT molecular complexity index is 362. The van der Waals surface area contributed by atoms with E-state index >= 15 is 0 Å². The molecule has 2 rings (SSSR count). The van der Waals surface area contributed by atoms with Gasteiger partial charge in [-0.05, 0) is 24.6 Å². The molecule has 1 aliphatic heterocycles. The number of fused-ring (bicyclic) bond motifs is 1. The molecule has 0 bridgehead atoms. The molecule has 1 aromatic rings. The molecule has 0 saturated heterocycles. The summed E-state index contributed by atoms with van der Waals surface area (Å²) in [6, 6.07) is 8.83. The molecule has 0 radical (unpaired) electrons. The van der Waals surface area contributed by atoms with Crippen molar-refractivity contribution < 1.29 is 0 Å². The second-order valence-electron chi connectivity index (χ2n) is 5.39. The first-order valence-corrected chi connectivity index (χ1v) is 7.32. The minimum Gasteiger partial charge on any atom is -0.373 e. The summed E-state index contributed by atoms with van der Waals surface area (Å²) in [5, 5.41) is 0. The maximum atomic E-state index is 2.61. The zero-order valence-electron chi connectivity index (χ0n) is 11.9. The van der Waals surface area contributed by atoms with Gasteiger partial charge in [-0.25, -0.2) is 0 Å². The van der Waals surface area contributed by atoms with E-state index < -0.39 is 0 Å². The van der Waals surface area contributed by atoms with Gasteiger partial charge in [0.05, 0.1) is 0 Å². The number of para-hydroxylation sites is 1. The molecule has 0 aromatic heterocycles. The molecular weight excluding hydrogens is 220 g/mol. The maximum absolute atomic E-state index is 2.61. The highest BCUT2D eigenvalue weighted by Gasteiger charge is 2.16. The van der Waals surface area contributed by atoms with Crippen molar-refractivity contribution in [2.24, 2.45) is 0 Å². The van der Waals surface area contributed by atoms with Gasteiger partial charge in [-0.15, -0.1) is 0 Å². The van der Waals surface area contributed by atoms with Crippen molar-refractivity contribution in [3.63, 3.8) is 0 Å². The summed E-state index contributed by atoms with van der Waals surface area (Å²) in [4.78, 5) is 5.00. The fourth-order valence-corrected chi connectivity index (χ4v) is 2.70. The van der Waals surface area contributed by atoms with Gasteiger partial charge in [-0.2, -0.15) is 0 Å². The summed E-state index contributed by atoms with van der Waals surface area (Å²) >= 11 is 0. The molecule has 100 valence electrons. The Morgan fingerprint density at radius 3 is 2.72 bits per heavy atom. The van der Waals surface area contributed by atoms with Crippen LogP contribution < -0.4 is 4.90 Å². The zero-order chi connectivity index (χ0) is 12.8. The molecule has 2 nitrogen and oxygen atoms in total. The molecule has 0 spiro atoms. The molecule has 1 aliphatic rings.